The van der Waals surface area contributed by atoms with E-state index in [4.69, 9.17) is 4.74 Å². The molecule has 0 aromatic heterocycles. The van der Waals surface area contributed by atoms with Crippen molar-refractivity contribution in [3.05, 3.63) is 35.9 Å². The zero-order valence-corrected chi connectivity index (χ0v) is 12.1. The summed E-state index contributed by atoms with van der Waals surface area (Å²) in [5.74, 6) is -0.649. The fraction of sp³-hybridized carbons (Fsp3) is 0.467. The van der Waals surface area contributed by atoms with E-state index in [9.17, 15) is 9.59 Å². The highest BCUT2D eigenvalue weighted by Crippen LogP contribution is 2.07. The van der Waals surface area contributed by atoms with Gasteiger partial charge in [-0.25, -0.2) is 4.79 Å². The Kier molecular flexibility index (Phi) is 6.73. The number of ether oxygens (including phenoxy) is 2. The molecule has 5 heteroatoms. The standard InChI is InChI=1S/C15H21NO4/c1-11(16-10-14(17)19-3)9-12(2)20-15(18)13-7-5-4-6-8-13/h4-8,11-12,16H,9-10H2,1-3H3. The largest absolute Gasteiger partial charge is 0.468 e. The molecule has 1 N–H and O–H groups in total. The van der Waals surface area contributed by atoms with Crippen molar-refractivity contribution >= 4 is 11.9 Å². The molecule has 0 aliphatic rings. The number of carbonyl (C=O) groups excluding carboxylic acids is 2. The molecule has 110 valence electrons. The Labute approximate surface area is 119 Å². The summed E-state index contributed by atoms with van der Waals surface area (Å²) < 4.78 is 9.89. The minimum absolute atomic E-state index is 0.0488. The Morgan fingerprint density at radius 3 is 2.45 bits per heavy atom. The first-order valence-corrected chi connectivity index (χ1v) is 6.59. The van der Waals surface area contributed by atoms with E-state index in [0.717, 1.165) is 0 Å². The summed E-state index contributed by atoms with van der Waals surface area (Å²) in [4.78, 5) is 22.8. The summed E-state index contributed by atoms with van der Waals surface area (Å²) in [7, 11) is 1.35. The number of methoxy groups -OCH3 is 1. The Morgan fingerprint density at radius 1 is 1.20 bits per heavy atom. The third-order valence-electron chi connectivity index (χ3n) is 2.83. The molecule has 1 aromatic rings. The maximum atomic E-state index is 11.8. The van der Waals surface area contributed by atoms with E-state index < -0.39 is 0 Å². The van der Waals surface area contributed by atoms with Crippen LogP contribution < -0.4 is 5.32 Å². The second kappa shape index (κ2) is 8.32. The van der Waals surface area contributed by atoms with E-state index in [1.807, 2.05) is 19.9 Å². The lowest BCUT2D eigenvalue weighted by Gasteiger charge is -2.18. The zero-order valence-electron chi connectivity index (χ0n) is 12.1. The van der Waals surface area contributed by atoms with Gasteiger partial charge in [-0.15, -0.1) is 0 Å². The monoisotopic (exact) mass is 279 g/mol. The third-order valence-corrected chi connectivity index (χ3v) is 2.83. The Hall–Kier alpha value is -1.88. The molecule has 0 saturated heterocycles. The number of benzene rings is 1. The van der Waals surface area contributed by atoms with Gasteiger partial charge in [0, 0.05) is 6.04 Å². The molecule has 0 aliphatic carbocycles. The number of carbonyl (C=O) groups is 2. The van der Waals surface area contributed by atoms with Crippen LogP contribution in [-0.2, 0) is 14.3 Å². The molecule has 1 aromatic carbocycles. The molecule has 5 nitrogen and oxygen atoms in total. The van der Waals surface area contributed by atoms with Crippen LogP contribution in [0.15, 0.2) is 30.3 Å². The predicted octanol–water partition coefficient (Wildman–Crippen LogP) is 1.77. The van der Waals surface area contributed by atoms with Crippen molar-refractivity contribution in [1.82, 2.24) is 5.32 Å². The number of hydrogen-bond donors (Lipinski definition) is 1. The SMILES string of the molecule is COC(=O)CNC(C)CC(C)OC(=O)c1ccccc1. The van der Waals surface area contributed by atoms with Crippen LogP contribution in [0.25, 0.3) is 0 Å². The highest BCUT2D eigenvalue weighted by molar-refractivity contribution is 5.89. The average molecular weight is 279 g/mol. The van der Waals surface area contributed by atoms with E-state index in [-0.39, 0.29) is 30.6 Å². The summed E-state index contributed by atoms with van der Waals surface area (Å²) in [6, 6.07) is 8.91. The highest BCUT2D eigenvalue weighted by atomic mass is 16.5. The fourth-order valence-corrected chi connectivity index (χ4v) is 1.78. The molecule has 0 saturated carbocycles. The smallest absolute Gasteiger partial charge is 0.338 e. The summed E-state index contributed by atoms with van der Waals surface area (Å²) in [6.07, 6.45) is 0.387. The van der Waals surface area contributed by atoms with Gasteiger partial charge < -0.3 is 14.8 Å². The summed E-state index contributed by atoms with van der Waals surface area (Å²) in [5.41, 5.74) is 0.537. The maximum Gasteiger partial charge on any atom is 0.338 e. The number of hydrogen-bond acceptors (Lipinski definition) is 5. The van der Waals surface area contributed by atoms with Crippen LogP contribution in [0.1, 0.15) is 30.6 Å². The second-order valence-electron chi connectivity index (χ2n) is 4.68. The van der Waals surface area contributed by atoms with Gasteiger partial charge in [0.25, 0.3) is 0 Å². The molecule has 0 fully saturated rings. The quantitative estimate of drug-likeness (QED) is 0.771. The first kappa shape index (κ1) is 16.2. The number of rotatable bonds is 7. The molecule has 1 rings (SSSR count). The van der Waals surface area contributed by atoms with Crippen LogP contribution >= 0.6 is 0 Å². The molecular weight excluding hydrogens is 258 g/mol. The van der Waals surface area contributed by atoms with Crippen LogP contribution in [0.3, 0.4) is 0 Å². The average Bonchev–Trinajstić information content (AvgIpc) is 2.45. The van der Waals surface area contributed by atoms with Gasteiger partial charge in [0.05, 0.1) is 19.2 Å². The van der Waals surface area contributed by atoms with Crippen molar-refractivity contribution in [3.63, 3.8) is 0 Å². The van der Waals surface area contributed by atoms with Gasteiger partial charge in [-0.1, -0.05) is 18.2 Å². The lowest BCUT2D eigenvalue weighted by atomic mass is 10.1. The zero-order chi connectivity index (χ0) is 15.0. The molecule has 0 amide bonds. The number of esters is 2. The van der Waals surface area contributed by atoms with E-state index in [0.29, 0.717) is 12.0 Å². The van der Waals surface area contributed by atoms with E-state index >= 15 is 0 Å². The van der Waals surface area contributed by atoms with E-state index in [1.165, 1.54) is 7.11 Å². The topological polar surface area (TPSA) is 64.6 Å². The molecule has 0 radical (unpaired) electrons. The van der Waals surface area contributed by atoms with Gasteiger partial charge in [0.2, 0.25) is 0 Å². The molecule has 2 unspecified atom stereocenters. The van der Waals surface area contributed by atoms with Gasteiger partial charge in [-0.05, 0) is 32.4 Å². The van der Waals surface area contributed by atoms with Gasteiger partial charge in [-0.2, -0.15) is 0 Å². The van der Waals surface area contributed by atoms with Gasteiger partial charge in [-0.3, -0.25) is 4.79 Å². The predicted molar refractivity (Wildman–Crippen MR) is 75.4 cm³/mol. The molecule has 0 aliphatic heterocycles. The Morgan fingerprint density at radius 2 is 1.85 bits per heavy atom. The molecule has 2 atom stereocenters. The van der Waals surface area contributed by atoms with Crippen molar-refractivity contribution in [2.45, 2.75) is 32.4 Å². The van der Waals surface area contributed by atoms with Crippen LogP contribution in [-0.4, -0.2) is 37.7 Å². The fourth-order valence-electron chi connectivity index (χ4n) is 1.78. The van der Waals surface area contributed by atoms with E-state index in [1.54, 1.807) is 24.3 Å². The van der Waals surface area contributed by atoms with Crippen LogP contribution in [0.4, 0.5) is 0 Å². The minimum atomic E-state index is -0.335. The van der Waals surface area contributed by atoms with Crippen LogP contribution in [0.5, 0.6) is 0 Å². The number of nitrogens with one attached hydrogen (secondary N) is 1. The van der Waals surface area contributed by atoms with Crippen LogP contribution in [0.2, 0.25) is 0 Å². The van der Waals surface area contributed by atoms with Crippen molar-refractivity contribution in [1.29, 1.82) is 0 Å². The lowest BCUT2D eigenvalue weighted by molar-refractivity contribution is -0.139. The Bertz CT molecular complexity index is 433. The van der Waals surface area contributed by atoms with Crippen molar-refractivity contribution in [2.24, 2.45) is 0 Å². The molecular formula is C15H21NO4. The summed E-state index contributed by atoms with van der Waals surface area (Å²) in [5, 5.41) is 3.01. The van der Waals surface area contributed by atoms with Crippen LogP contribution in [0, 0.1) is 0 Å². The minimum Gasteiger partial charge on any atom is -0.468 e. The van der Waals surface area contributed by atoms with Crippen molar-refractivity contribution in [2.75, 3.05) is 13.7 Å². The summed E-state index contributed by atoms with van der Waals surface area (Å²) >= 11 is 0. The first-order valence-electron chi connectivity index (χ1n) is 6.59. The summed E-state index contributed by atoms with van der Waals surface area (Å²) in [6.45, 7) is 3.91. The van der Waals surface area contributed by atoms with Gasteiger partial charge in [0.1, 0.15) is 6.10 Å². The van der Waals surface area contributed by atoms with Gasteiger partial charge in [0.15, 0.2) is 0 Å². The highest BCUT2D eigenvalue weighted by Gasteiger charge is 2.15. The molecule has 20 heavy (non-hydrogen) atoms. The molecule has 0 spiro atoms. The molecule has 0 bridgehead atoms. The third kappa shape index (κ3) is 5.84. The second-order valence-corrected chi connectivity index (χ2v) is 4.68. The normalized spacial score (nSPS) is 13.3. The lowest BCUT2D eigenvalue weighted by Crippen LogP contribution is -2.35. The van der Waals surface area contributed by atoms with Crippen molar-refractivity contribution in [3.8, 4) is 0 Å². The maximum absolute atomic E-state index is 11.8. The molecule has 0 heterocycles. The van der Waals surface area contributed by atoms with E-state index in [2.05, 4.69) is 10.1 Å². The first-order chi connectivity index (χ1) is 9.52. The van der Waals surface area contributed by atoms with Crippen molar-refractivity contribution < 1.29 is 19.1 Å². The van der Waals surface area contributed by atoms with Gasteiger partial charge >= 0.3 is 11.9 Å². The Balaban J connectivity index is 2.34.